The zero-order valence-corrected chi connectivity index (χ0v) is 12.5. The van der Waals surface area contributed by atoms with E-state index in [0.717, 1.165) is 0 Å². The number of benzene rings is 2. The van der Waals surface area contributed by atoms with Crippen LogP contribution >= 0.6 is 0 Å². The molecule has 0 fully saturated rings. The average Bonchev–Trinajstić information content (AvgIpc) is 2.55. The second kappa shape index (κ2) is 6.50. The Morgan fingerprint density at radius 2 is 1.79 bits per heavy atom. The molecule has 0 aliphatic carbocycles. The maximum Gasteiger partial charge on any atom is 0.328 e. The van der Waals surface area contributed by atoms with Gasteiger partial charge in [0.15, 0.2) is 0 Å². The number of nitrogens with two attached hydrogens (primary N) is 2. The fourth-order valence-corrected chi connectivity index (χ4v) is 1.91. The number of anilines is 4. The molecule has 3 rings (SSSR count). The maximum atomic E-state index is 8.81. The third-order valence-corrected chi connectivity index (χ3v) is 2.97. The van der Waals surface area contributed by atoms with Gasteiger partial charge in [0.25, 0.3) is 0 Å². The van der Waals surface area contributed by atoms with Gasteiger partial charge in [0, 0.05) is 17.4 Å². The Balaban J connectivity index is 1.81. The van der Waals surface area contributed by atoms with Gasteiger partial charge in [0.05, 0.1) is 11.6 Å². The van der Waals surface area contributed by atoms with E-state index in [2.05, 4.69) is 20.3 Å². The quantitative estimate of drug-likeness (QED) is 0.624. The molecular weight excluding hydrogens is 306 g/mol. The first-order valence-corrected chi connectivity index (χ1v) is 6.94. The van der Waals surface area contributed by atoms with E-state index in [0.29, 0.717) is 22.7 Å². The van der Waals surface area contributed by atoms with Gasteiger partial charge in [-0.25, -0.2) is 0 Å². The van der Waals surface area contributed by atoms with E-state index in [1.54, 1.807) is 48.5 Å². The number of nitrogens with one attached hydrogen (secondary N) is 1. The molecule has 0 radical (unpaired) electrons. The standard InChI is InChI=1S/C16H13N7O/c17-9-10-4-6-12(7-5-10)20-15-21-14(19)22-16(23-15)24-13-3-1-2-11(18)8-13/h1-8H,18H2,(H3,19,20,21,22,23). The summed E-state index contributed by atoms with van der Waals surface area (Å²) >= 11 is 0. The van der Waals surface area contributed by atoms with Crippen LogP contribution in [0.1, 0.15) is 5.56 Å². The fourth-order valence-electron chi connectivity index (χ4n) is 1.91. The van der Waals surface area contributed by atoms with Crippen LogP contribution in [0.4, 0.5) is 23.3 Å². The van der Waals surface area contributed by atoms with Crippen molar-refractivity contribution in [2.45, 2.75) is 0 Å². The Bertz CT molecular complexity index is 903. The molecular formula is C16H13N7O. The van der Waals surface area contributed by atoms with Gasteiger partial charge >= 0.3 is 6.01 Å². The van der Waals surface area contributed by atoms with E-state index in [1.165, 1.54) is 0 Å². The maximum absolute atomic E-state index is 8.81. The molecule has 2 aromatic carbocycles. The molecule has 118 valence electrons. The van der Waals surface area contributed by atoms with Crippen LogP contribution < -0.4 is 21.5 Å². The van der Waals surface area contributed by atoms with Crippen LogP contribution in [0.5, 0.6) is 11.8 Å². The van der Waals surface area contributed by atoms with Gasteiger partial charge in [-0.15, -0.1) is 0 Å². The summed E-state index contributed by atoms with van der Waals surface area (Å²) < 4.78 is 5.55. The Hall–Kier alpha value is -3.86. The summed E-state index contributed by atoms with van der Waals surface area (Å²) in [5, 5.41) is 11.8. The third-order valence-electron chi connectivity index (χ3n) is 2.97. The minimum Gasteiger partial charge on any atom is -0.424 e. The molecule has 0 aliphatic rings. The lowest BCUT2D eigenvalue weighted by atomic mass is 10.2. The van der Waals surface area contributed by atoms with E-state index < -0.39 is 0 Å². The van der Waals surface area contributed by atoms with Crippen LogP contribution in [-0.4, -0.2) is 15.0 Å². The molecule has 1 aromatic heterocycles. The van der Waals surface area contributed by atoms with Gasteiger partial charge in [-0.05, 0) is 36.4 Å². The number of nitriles is 1. The minimum atomic E-state index is 0.0139. The molecule has 24 heavy (non-hydrogen) atoms. The number of rotatable bonds is 4. The Morgan fingerprint density at radius 1 is 1.00 bits per heavy atom. The summed E-state index contributed by atoms with van der Waals surface area (Å²) in [7, 11) is 0. The number of ether oxygens (including phenoxy) is 1. The van der Waals surface area contributed by atoms with Crippen molar-refractivity contribution in [2.24, 2.45) is 0 Å². The Morgan fingerprint density at radius 3 is 2.50 bits per heavy atom. The van der Waals surface area contributed by atoms with Crippen LogP contribution in [0.2, 0.25) is 0 Å². The highest BCUT2D eigenvalue weighted by atomic mass is 16.5. The van der Waals surface area contributed by atoms with Gasteiger partial charge in [-0.1, -0.05) is 6.07 Å². The molecule has 0 atom stereocenters. The minimum absolute atomic E-state index is 0.0139. The van der Waals surface area contributed by atoms with Crippen LogP contribution in [0.25, 0.3) is 0 Å². The number of hydrogen-bond acceptors (Lipinski definition) is 8. The highest BCUT2D eigenvalue weighted by Crippen LogP contribution is 2.22. The zero-order valence-electron chi connectivity index (χ0n) is 12.5. The summed E-state index contributed by atoms with van der Waals surface area (Å²) in [4.78, 5) is 12.1. The molecule has 0 bridgehead atoms. The topological polar surface area (TPSA) is 136 Å². The lowest BCUT2D eigenvalue weighted by Gasteiger charge is -2.08. The molecule has 0 saturated heterocycles. The summed E-state index contributed by atoms with van der Waals surface area (Å²) in [6.45, 7) is 0. The van der Waals surface area contributed by atoms with E-state index in [1.807, 2.05) is 6.07 Å². The first kappa shape index (κ1) is 15.1. The molecule has 0 aliphatic heterocycles. The second-order valence-electron chi connectivity index (χ2n) is 4.79. The molecule has 0 saturated carbocycles. The summed E-state index contributed by atoms with van der Waals surface area (Å²) in [5.74, 6) is 0.732. The van der Waals surface area contributed by atoms with Gasteiger partial charge in [0.2, 0.25) is 11.9 Å². The molecule has 0 amide bonds. The Labute approximate surface area is 137 Å². The second-order valence-corrected chi connectivity index (χ2v) is 4.79. The van der Waals surface area contributed by atoms with Crippen molar-refractivity contribution >= 4 is 23.3 Å². The van der Waals surface area contributed by atoms with Crippen LogP contribution in [0.3, 0.4) is 0 Å². The monoisotopic (exact) mass is 319 g/mol. The van der Waals surface area contributed by atoms with Crippen molar-refractivity contribution in [3.8, 4) is 17.8 Å². The van der Waals surface area contributed by atoms with Crippen molar-refractivity contribution in [2.75, 3.05) is 16.8 Å². The lowest BCUT2D eigenvalue weighted by Crippen LogP contribution is -2.05. The van der Waals surface area contributed by atoms with Crippen molar-refractivity contribution in [3.05, 3.63) is 54.1 Å². The predicted octanol–water partition coefficient (Wildman–Crippen LogP) is 2.44. The van der Waals surface area contributed by atoms with E-state index in [9.17, 15) is 0 Å². The summed E-state index contributed by atoms with van der Waals surface area (Å²) in [5.41, 5.74) is 13.2. The summed E-state index contributed by atoms with van der Waals surface area (Å²) in [6, 6.07) is 15.8. The van der Waals surface area contributed by atoms with Gasteiger partial charge in [-0.3, -0.25) is 0 Å². The smallest absolute Gasteiger partial charge is 0.328 e. The predicted molar refractivity (Wildman–Crippen MR) is 89.6 cm³/mol. The molecule has 5 N–H and O–H groups in total. The van der Waals surface area contributed by atoms with Crippen molar-refractivity contribution in [1.82, 2.24) is 15.0 Å². The first-order valence-electron chi connectivity index (χ1n) is 6.94. The highest BCUT2D eigenvalue weighted by Gasteiger charge is 2.07. The van der Waals surface area contributed by atoms with Gasteiger partial charge in [0.1, 0.15) is 5.75 Å². The average molecular weight is 319 g/mol. The first-order chi connectivity index (χ1) is 11.6. The van der Waals surface area contributed by atoms with Gasteiger partial charge in [-0.2, -0.15) is 20.2 Å². The van der Waals surface area contributed by atoms with Crippen molar-refractivity contribution in [3.63, 3.8) is 0 Å². The number of hydrogen-bond donors (Lipinski definition) is 3. The van der Waals surface area contributed by atoms with E-state index >= 15 is 0 Å². The van der Waals surface area contributed by atoms with Crippen LogP contribution in [-0.2, 0) is 0 Å². The molecule has 8 heteroatoms. The fraction of sp³-hybridized carbons (Fsp3) is 0. The van der Waals surface area contributed by atoms with Gasteiger partial charge < -0.3 is 21.5 Å². The largest absolute Gasteiger partial charge is 0.424 e. The highest BCUT2D eigenvalue weighted by molar-refractivity contribution is 5.55. The van der Waals surface area contributed by atoms with E-state index in [4.69, 9.17) is 21.5 Å². The molecule has 1 heterocycles. The van der Waals surface area contributed by atoms with Crippen molar-refractivity contribution < 1.29 is 4.74 Å². The summed E-state index contributed by atoms with van der Waals surface area (Å²) in [6.07, 6.45) is 0. The SMILES string of the molecule is N#Cc1ccc(Nc2nc(N)nc(Oc3cccc(N)c3)n2)cc1. The number of nitrogen functional groups attached to an aromatic ring is 2. The molecule has 8 nitrogen and oxygen atoms in total. The number of nitrogens with zero attached hydrogens (tertiary/aromatic N) is 4. The molecule has 0 spiro atoms. The Kier molecular flexibility index (Phi) is 4.07. The lowest BCUT2D eigenvalue weighted by molar-refractivity contribution is 0.442. The van der Waals surface area contributed by atoms with Crippen LogP contribution in [0.15, 0.2) is 48.5 Å². The number of aromatic nitrogens is 3. The van der Waals surface area contributed by atoms with Crippen LogP contribution in [0, 0.1) is 11.3 Å². The molecule has 0 unspecified atom stereocenters. The normalized spacial score (nSPS) is 9.96. The third kappa shape index (κ3) is 3.66. The zero-order chi connectivity index (χ0) is 16.9. The molecule has 3 aromatic rings. The van der Waals surface area contributed by atoms with E-state index in [-0.39, 0.29) is 17.9 Å². The van der Waals surface area contributed by atoms with Crippen molar-refractivity contribution in [1.29, 1.82) is 5.26 Å².